The van der Waals surface area contributed by atoms with Gasteiger partial charge >= 0.3 is 7.82 Å². The monoisotopic (exact) mass is 284 g/mol. The van der Waals surface area contributed by atoms with E-state index < -0.39 is 26.6 Å². The van der Waals surface area contributed by atoms with Crippen LogP contribution in [0.25, 0.3) is 0 Å². The van der Waals surface area contributed by atoms with E-state index in [0.29, 0.717) is 6.42 Å². The van der Waals surface area contributed by atoms with Gasteiger partial charge < -0.3 is 20.0 Å². The Morgan fingerprint density at radius 1 is 1.17 bits per heavy atom. The van der Waals surface area contributed by atoms with Crippen LogP contribution >= 0.6 is 7.82 Å². The van der Waals surface area contributed by atoms with Crippen molar-refractivity contribution in [2.24, 2.45) is 0 Å². The van der Waals surface area contributed by atoms with Gasteiger partial charge in [-0.05, 0) is 6.42 Å². The van der Waals surface area contributed by atoms with Crippen LogP contribution in [0.2, 0.25) is 0 Å². The SMILES string of the molecule is CCCCCCCC(CC(O)CO)OP(=O)(O)O. The van der Waals surface area contributed by atoms with Gasteiger partial charge in [0.25, 0.3) is 0 Å². The number of aliphatic hydroxyl groups is 2. The summed E-state index contributed by atoms with van der Waals surface area (Å²) in [7, 11) is -4.54. The molecule has 0 radical (unpaired) electrons. The molecule has 7 heteroatoms. The predicted molar refractivity (Wildman–Crippen MR) is 68.0 cm³/mol. The van der Waals surface area contributed by atoms with Crippen molar-refractivity contribution in [3.63, 3.8) is 0 Å². The first-order valence-corrected chi connectivity index (χ1v) is 7.95. The lowest BCUT2D eigenvalue weighted by atomic mass is 10.0. The third-order valence-corrected chi connectivity index (χ3v) is 3.23. The molecular weight excluding hydrogens is 259 g/mol. The summed E-state index contributed by atoms with van der Waals surface area (Å²) in [6, 6.07) is 0. The molecule has 0 spiro atoms. The molecule has 0 amide bonds. The van der Waals surface area contributed by atoms with E-state index in [1.807, 2.05) is 0 Å². The van der Waals surface area contributed by atoms with Crippen molar-refractivity contribution >= 4 is 7.82 Å². The lowest BCUT2D eigenvalue weighted by molar-refractivity contribution is 0.0354. The Morgan fingerprint density at radius 2 is 1.78 bits per heavy atom. The van der Waals surface area contributed by atoms with Crippen LogP contribution in [0.15, 0.2) is 0 Å². The van der Waals surface area contributed by atoms with Crippen LogP contribution in [0.1, 0.15) is 51.9 Å². The van der Waals surface area contributed by atoms with E-state index >= 15 is 0 Å². The molecule has 110 valence electrons. The molecule has 0 aliphatic rings. The lowest BCUT2D eigenvalue weighted by Gasteiger charge is -2.20. The summed E-state index contributed by atoms with van der Waals surface area (Å²) in [6.07, 6.45) is 3.93. The normalized spacial score (nSPS) is 15.6. The summed E-state index contributed by atoms with van der Waals surface area (Å²) in [5, 5.41) is 18.0. The Labute approximate surface area is 108 Å². The molecule has 0 aliphatic carbocycles. The Balaban J connectivity index is 4.01. The minimum Gasteiger partial charge on any atom is -0.394 e. The zero-order chi connectivity index (χ0) is 14.0. The summed E-state index contributed by atoms with van der Waals surface area (Å²) < 4.78 is 15.4. The number of hydrogen-bond donors (Lipinski definition) is 4. The summed E-state index contributed by atoms with van der Waals surface area (Å²) in [6.45, 7) is 1.67. The fourth-order valence-electron chi connectivity index (χ4n) is 1.76. The second kappa shape index (κ2) is 9.89. The van der Waals surface area contributed by atoms with E-state index in [-0.39, 0.29) is 6.42 Å². The van der Waals surface area contributed by atoms with Gasteiger partial charge in [-0.2, -0.15) is 0 Å². The van der Waals surface area contributed by atoms with Crippen LogP contribution in [0.5, 0.6) is 0 Å². The number of phosphoric ester groups is 1. The summed E-state index contributed by atoms with van der Waals surface area (Å²) in [5.41, 5.74) is 0. The van der Waals surface area contributed by atoms with Crippen molar-refractivity contribution < 1.29 is 29.1 Å². The number of unbranched alkanes of at least 4 members (excludes halogenated alkanes) is 4. The van der Waals surface area contributed by atoms with Gasteiger partial charge in [-0.1, -0.05) is 39.0 Å². The number of rotatable bonds is 11. The van der Waals surface area contributed by atoms with E-state index in [4.69, 9.17) is 14.9 Å². The molecule has 2 atom stereocenters. The van der Waals surface area contributed by atoms with Crippen molar-refractivity contribution in [3.8, 4) is 0 Å². The molecule has 0 aromatic heterocycles. The van der Waals surface area contributed by atoms with Crippen LogP contribution < -0.4 is 0 Å². The summed E-state index contributed by atoms with van der Waals surface area (Å²) >= 11 is 0. The number of phosphoric acid groups is 1. The fourth-order valence-corrected chi connectivity index (χ4v) is 2.34. The highest BCUT2D eigenvalue weighted by Crippen LogP contribution is 2.39. The predicted octanol–water partition coefficient (Wildman–Crippen LogP) is 1.57. The van der Waals surface area contributed by atoms with E-state index in [9.17, 15) is 9.67 Å². The van der Waals surface area contributed by atoms with Crippen molar-refractivity contribution in [2.45, 2.75) is 64.1 Å². The van der Waals surface area contributed by atoms with E-state index in [1.54, 1.807) is 0 Å². The topological polar surface area (TPSA) is 107 Å². The van der Waals surface area contributed by atoms with E-state index in [0.717, 1.165) is 32.1 Å². The molecular formula is C11H25O6P. The van der Waals surface area contributed by atoms with Crippen molar-refractivity contribution in [3.05, 3.63) is 0 Å². The lowest BCUT2D eigenvalue weighted by Crippen LogP contribution is -2.22. The van der Waals surface area contributed by atoms with Crippen LogP contribution in [0.3, 0.4) is 0 Å². The smallest absolute Gasteiger partial charge is 0.394 e. The van der Waals surface area contributed by atoms with E-state index in [2.05, 4.69) is 11.4 Å². The van der Waals surface area contributed by atoms with Crippen molar-refractivity contribution in [2.75, 3.05) is 6.61 Å². The van der Waals surface area contributed by atoms with Gasteiger partial charge in [0, 0.05) is 6.42 Å². The molecule has 0 aromatic carbocycles. The van der Waals surface area contributed by atoms with E-state index in [1.165, 1.54) is 0 Å². The summed E-state index contributed by atoms with van der Waals surface area (Å²) in [5.74, 6) is 0. The quantitative estimate of drug-likeness (QED) is 0.339. The average molecular weight is 284 g/mol. The minimum absolute atomic E-state index is 0.0371. The van der Waals surface area contributed by atoms with Crippen molar-refractivity contribution in [1.82, 2.24) is 0 Å². The molecule has 0 aromatic rings. The van der Waals surface area contributed by atoms with Gasteiger partial charge in [0.2, 0.25) is 0 Å². The van der Waals surface area contributed by atoms with Gasteiger partial charge in [-0.25, -0.2) is 4.57 Å². The van der Waals surface area contributed by atoms with Gasteiger partial charge in [0.1, 0.15) is 0 Å². The standard InChI is InChI=1S/C11H25O6P/c1-2-3-4-5-6-7-11(8-10(13)9-12)17-18(14,15)16/h10-13H,2-9H2,1H3,(H2,14,15,16). The molecule has 0 rings (SSSR count). The number of aliphatic hydroxyl groups excluding tert-OH is 2. The molecule has 18 heavy (non-hydrogen) atoms. The number of hydrogen-bond acceptors (Lipinski definition) is 4. The maximum absolute atomic E-state index is 10.8. The van der Waals surface area contributed by atoms with Gasteiger partial charge in [0.15, 0.2) is 0 Å². The zero-order valence-electron chi connectivity index (χ0n) is 10.9. The first kappa shape index (κ1) is 18.0. The van der Waals surface area contributed by atoms with Gasteiger partial charge in [-0.3, -0.25) is 4.52 Å². The van der Waals surface area contributed by atoms with Crippen LogP contribution in [0.4, 0.5) is 0 Å². The second-order valence-corrected chi connectivity index (χ2v) is 5.68. The Bertz CT molecular complexity index is 242. The molecule has 0 saturated heterocycles. The zero-order valence-corrected chi connectivity index (χ0v) is 11.8. The molecule has 6 nitrogen and oxygen atoms in total. The van der Waals surface area contributed by atoms with Gasteiger partial charge in [-0.15, -0.1) is 0 Å². The fraction of sp³-hybridized carbons (Fsp3) is 1.00. The summed E-state index contributed by atoms with van der Waals surface area (Å²) in [4.78, 5) is 17.5. The highest BCUT2D eigenvalue weighted by molar-refractivity contribution is 7.46. The first-order chi connectivity index (χ1) is 8.39. The average Bonchev–Trinajstić information content (AvgIpc) is 2.26. The van der Waals surface area contributed by atoms with Crippen LogP contribution in [-0.4, -0.2) is 38.8 Å². The Hall–Kier alpha value is 0.0300. The van der Waals surface area contributed by atoms with Gasteiger partial charge in [0.05, 0.1) is 18.8 Å². The highest BCUT2D eigenvalue weighted by Gasteiger charge is 2.23. The largest absolute Gasteiger partial charge is 0.469 e. The highest BCUT2D eigenvalue weighted by atomic mass is 31.2. The molecule has 2 unspecified atom stereocenters. The Morgan fingerprint density at radius 3 is 2.28 bits per heavy atom. The molecule has 0 bridgehead atoms. The van der Waals surface area contributed by atoms with Crippen molar-refractivity contribution in [1.29, 1.82) is 0 Å². The van der Waals surface area contributed by atoms with Crippen LogP contribution in [0, 0.1) is 0 Å². The molecule has 0 fully saturated rings. The third kappa shape index (κ3) is 11.1. The molecule has 4 N–H and O–H groups in total. The second-order valence-electron chi connectivity index (χ2n) is 4.49. The third-order valence-electron chi connectivity index (χ3n) is 2.66. The first-order valence-electron chi connectivity index (χ1n) is 6.42. The maximum Gasteiger partial charge on any atom is 0.469 e. The maximum atomic E-state index is 10.8. The molecule has 0 saturated carbocycles. The minimum atomic E-state index is -4.54. The Kier molecular flexibility index (Phi) is 9.91. The molecule has 0 aliphatic heterocycles. The van der Waals surface area contributed by atoms with Crippen LogP contribution in [-0.2, 0) is 9.09 Å². The molecule has 0 heterocycles.